The number of aryl methyl sites for hydroxylation is 2. The zero-order valence-corrected chi connectivity index (χ0v) is 23.7. The quantitative estimate of drug-likeness (QED) is 0.210. The standard InChI is InChI=1S/C35H28N3OS/c1-20(2)27-18-28(21(3)23-9-5-6-10-24(23)27)33-34-29(15-16-37(33)4)38-19-36-32(35(38)40-34)22-13-14-26-25-11-7-8-12-30(25)39-31(26)17-22/h5-20H,1-4H3/q+1. The van der Waals surface area contributed by atoms with E-state index in [1.54, 1.807) is 0 Å². The summed E-state index contributed by atoms with van der Waals surface area (Å²) in [6, 6.07) is 28.1. The highest BCUT2D eigenvalue weighted by molar-refractivity contribution is 7.24. The van der Waals surface area contributed by atoms with E-state index in [-0.39, 0.29) is 0 Å². The molecule has 0 aliphatic rings. The SMILES string of the molecule is Cc1c(-c2c3sc4c(-c5ccc6c(c5)oc5ccccc56)ncn4c3cc[n+]2C)cc(C(C)C)c2ccccc12. The van der Waals surface area contributed by atoms with Gasteiger partial charge < -0.3 is 4.42 Å². The summed E-state index contributed by atoms with van der Waals surface area (Å²) in [5, 5.41) is 4.95. The third kappa shape index (κ3) is 3.24. The lowest BCUT2D eigenvalue weighted by Gasteiger charge is -2.16. The summed E-state index contributed by atoms with van der Waals surface area (Å²) in [6.45, 7) is 6.83. The zero-order valence-electron chi connectivity index (χ0n) is 22.9. The van der Waals surface area contributed by atoms with Gasteiger partial charge in [-0.2, -0.15) is 4.57 Å². The van der Waals surface area contributed by atoms with Gasteiger partial charge in [-0.15, -0.1) is 11.3 Å². The molecule has 0 bridgehead atoms. The largest absolute Gasteiger partial charge is 0.456 e. The number of rotatable bonds is 3. The zero-order chi connectivity index (χ0) is 27.1. The number of hydrogen-bond acceptors (Lipinski definition) is 3. The first-order valence-corrected chi connectivity index (χ1v) is 14.5. The minimum Gasteiger partial charge on any atom is -0.456 e. The Kier molecular flexibility index (Phi) is 4.98. The van der Waals surface area contributed by atoms with Gasteiger partial charge in [-0.3, -0.25) is 4.40 Å². The number of fused-ring (bicyclic) bond motifs is 7. The van der Waals surface area contributed by atoms with Gasteiger partial charge in [-0.25, -0.2) is 4.98 Å². The number of pyridine rings is 1. The Balaban J connectivity index is 1.37. The molecular weight excluding hydrogens is 510 g/mol. The third-order valence-corrected chi connectivity index (χ3v) is 9.50. The van der Waals surface area contributed by atoms with E-state index in [2.05, 4.69) is 110 Å². The van der Waals surface area contributed by atoms with Crippen LogP contribution in [0.5, 0.6) is 0 Å². The predicted molar refractivity (Wildman–Crippen MR) is 166 cm³/mol. The maximum absolute atomic E-state index is 6.20. The normalized spacial score (nSPS) is 12.2. The summed E-state index contributed by atoms with van der Waals surface area (Å²) >= 11 is 1.81. The van der Waals surface area contributed by atoms with Crippen LogP contribution < -0.4 is 4.57 Å². The first-order valence-electron chi connectivity index (χ1n) is 13.7. The van der Waals surface area contributed by atoms with Crippen LogP contribution in [-0.4, -0.2) is 9.38 Å². The first kappa shape index (κ1) is 23.4. The molecule has 0 saturated carbocycles. The summed E-state index contributed by atoms with van der Waals surface area (Å²) in [7, 11) is 2.15. The molecule has 8 aromatic rings. The van der Waals surface area contributed by atoms with Crippen LogP contribution in [0.3, 0.4) is 0 Å². The van der Waals surface area contributed by atoms with Crippen LogP contribution in [0.2, 0.25) is 0 Å². The number of para-hydroxylation sites is 1. The maximum atomic E-state index is 6.20. The van der Waals surface area contributed by atoms with Crippen LogP contribution in [0.15, 0.2) is 95.8 Å². The first-order chi connectivity index (χ1) is 19.5. The summed E-state index contributed by atoms with van der Waals surface area (Å²) in [5.74, 6) is 0.428. The van der Waals surface area contributed by atoms with E-state index < -0.39 is 0 Å². The summed E-state index contributed by atoms with van der Waals surface area (Å²) in [4.78, 5) is 6.02. The lowest BCUT2D eigenvalue weighted by atomic mass is 9.89. The molecule has 0 unspecified atom stereocenters. The molecule has 4 aromatic carbocycles. The van der Waals surface area contributed by atoms with Crippen LogP contribution in [0.25, 0.3) is 70.3 Å². The predicted octanol–water partition coefficient (Wildman–Crippen LogP) is 9.19. The van der Waals surface area contributed by atoms with E-state index in [9.17, 15) is 0 Å². The summed E-state index contributed by atoms with van der Waals surface area (Å²) in [6.07, 6.45) is 4.14. The van der Waals surface area contributed by atoms with Crippen LogP contribution in [0.4, 0.5) is 0 Å². The molecule has 4 heterocycles. The van der Waals surface area contributed by atoms with E-state index in [1.807, 2.05) is 29.8 Å². The Labute approximate surface area is 235 Å². The summed E-state index contributed by atoms with van der Waals surface area (Å²) in [5.41, 5.74) is 10.3. The van der Waals surface area contributed by atoms with Gasteiger partial charge in [0, 0.05) is 22.4 Å². The number of aromatic nitrogens is 3. The van der Waals surface area contributed by atoms with E-state index >= 15 is 0 Å². The molecule has 0 aliphatic heterocycles. The van der Waals surface area contributed by atoms with Gasteiger partial charge in [0.1, 0.15) is 39.8 Å². The number of imidazole rings is 1. The van der Waals surface area contributed by atoms with E-state index in [0.717, 1.165) is 38.0 Å². The molecule has 0 radical (unpaired) electrons. The smallest absolute Gasteiger partial charge is 0.232 e. The van der Waals surface area contributed by atoms with Crippen molar-refractivity contribution < 1.29 is 8.98 Å². The fourth-order valence-corrected chi connectivity index (χ4v) is 7.59. The number of thiazole rings is 1. The van der Waals surface area contributed by atoms with Gasteiger partial charge in [0.05, 0.1) is 11.1 Å². The highest BCUT2D eigenvalue weighted by Gasteiger charge is 2.25. The van der Waals surface area contributed by atoms with Crippen molar-refractivity contribution in [2.45, 2.75) is 26.7 Å². The van der Waals surface area contributed by atoms with Crippen molar-refractivity contribution >= 4 is 59.1 Å². The highest BCUT2D eigenvalue weighted by atomic mass is 32.1. The van der Waals surface area contributed by atoms with E-state index in [4.69, 9.17) is 9.40 Å². The van der Waals surface area contributed by atoms with Gasteiger partial charge in [-0.05, 0) is 59.0 Å². The van der Waals surface area contributed by atoms with Crippen molar-refractivity contribution in [1.82, 2.24) is 9.38 Å². The van der Waals surface area contributed by atoms with Crippen LogP contribution in [-0.2, 0) is 7.05 Å². The molecule has 40 heavy (non-hydrogen) atoms. The molecule has 0 aliphatic carbocycles. The van der Waals surface area contributed by atoms with Gasteiger partial charge in [0.2, 0.25) is 5.69 Å². The molecular formula is C35H28N3OS+. The van der Waals surface area contributed by atoms with Crippen molar-refractivity contribution in [1.29, 1.82) is 0 Å². The minimum atomic E-state index is 0.428. The number of nitrogens with zero attached hydrogens (tertiary/aromatic N) is 3. The molecule has 0 amide bonds. The molecule has 0 spiro atoms. The van der Waals surface area contributed by atoms with Gasteiger partial charge in [0.25, 0.3) is 0 Å². The van der Waals surface area contributed by atoms with Crippen molar-refractivity contribution in [3.63, 3.8) is 0 Å². The topological polar surface area (TPSA) is 34.3 Å². The lowest BCUT2D eigenvalue weighted by Crippen LogP contribution is -2.30. The third-order valence-electron chi connectivity index (χ3n) is 8.31. The second-order valence-electron chi connectivity index (χ2n) is 11.0. The molecule has 0 saturated heterocycles. The Morgan fingerprint density at radius 2 is 1.60 bits per heavy atom. The van der Waals surface area contributed by atoms with Crippen LogP contribution in [0.1, 0.15) is 30.9 Å². The Hall–Kier alpha value is -4.48. The number of hydrogen-bond donors (Lipinski definition) is 0. The van der Waals surface area contributed by atoms with Crippen molar-refractivity contribution in [2.75, 3.05) is 0 Å². The molecule has 5 heteroatoms. The fourth-order valence-electron chi connectivity index (χ4n) is 6.26. The van der Waals surface area contributed by atoms with Gasteiger partial charge >= 0.3 is 0 Å². The van der Waals surface area contributed by atoms with Crippen molar-refractivity contribution in [3.05, 3.63) is 103 Å². The average Bonchev–Trinajstić information content (AvgIpc) is 3.65. The van der Waals surface area contributed by atoms with E-state index in [1.165, 1.54) is 43.4 Å². The van der Waals surface area contributed by atoms with Crippen molar-refractivity contribution in [2.24, 2.45) is 7.05 Å². The number of furan rings is 1. The minimum absolute atomic E-state index is 0.428. The average molecular weight is 539 g/mol. The molecule has 4 nitrogen and oxygen atoms in total. The fraction of sp³-hybridized carbons (Fsp3) is 0.143. The van der Waals surface area contributed by atoms with Gasteiger partial charge in [-0.1, -0.05) is 62.4 Å². The van der Waals surface area contributed by atoms with Gasteiger partial charge in [0.15, 0.2) is 6.20 Å². The monoisotopic (exact) mass is 538 g/mol. The summed E-state index contributed by atoms with van der Waals surface area (Å²) < 4.78 is 12.0. The molecule has 0 fully saturated rings. The number of benzene rings is 4. The second-order valence-corrected chi connectivity index (χ2v) is 12.0. The lowest BCUT2D eigenvalue weighted by molar-refractivity contribution is -0.659. The Morgan fingerprint density at radius 3 is 2.42 bits per heavy atom. The van der Waals surface area contributed by atoms with Crippen LogP contribution in [0, 0.1) is 6.92 Å². The Bertz CT molecular complexity index is 2280. The molecule has 0 N–H and O–H groups in total. The molecule has 8 rings (SSSR count). The van der Waals surface area contributed by atoms with E-state index in [0.29, 0.717) is 5.92 Å². The van der Waals surface area contributed by atoms with Crippen LogP contribution >= 0.6 is 11.3 Å². The highest BCUT2D eigenvalue weighted by Crippen LogP contribution is 2.41. The molecule has 0 atom stereocenters. The van der Waals surface area contributed by atoms with Crippen molar-refractivity contribution in [3.8, 4) is 22.5 Å². The second kappa shape index (κ2) is 8.51. The molecule has 4 aromatic heterocycles. The molecule has 194 valence electrons. The maximum Gasteiger partial charge on any atom is 0.232 e. The Morgan fingerprint density at radius 1 is 0.850 bits per heavy atom.